The highest BCUT2D eigenvalue weighted by molar-refractivity contribution is 5.79. The summed E-state index contributed by atoms with van der Waals surface area (Å²) in [5.41, 5.74) is 3.86. The second kappa shape index (κ2) is 9.74. The summed E-state index contributed by atoms with van der Waals surface area (Å²) in [5.74, 6) is 1.14. The zero-order valence-corrected chi connectivity index (χ0v) is 17.3. The average molecular weight is 381 g/mol. The number of hydrogen-bond donors (Lipinski definition) is 1. The summed E-state index contributed by atoms with van der Waals surface area (Å²) < 4.78 is 5.23. The van der Waals surface area contributed by atoms with E-state index in [1.54, 1.807) is 7.11 Å². The standard InChI is InChI=1S/C24H32N2O2/c1-4-23(19-9-11-22(28-3)12-10-19)25-24(27)20-13-15-26(16-14-20)17-21-8-6-5-7-18(21)2/h5-12,20,23H,4,13-17H2,1-3H3,(H,25,27). The number of hydrogen-bond acceptors (Lipinski definition) is 3. The summed E-state index contributed by atoms with van der Waals surface area (Å²) in [4.78, 5) is 15.3. The minimum Gasteiger partial charge on any atom is -0.497 e. The van der Waals surface area contributed by atoms with Gasteiger partial charge >= 0.3 is 0 Å². The van der Waals surface area contributed by atoms with Gasteiger partial charge in [0.1, 0.15) is 5.75 Å². The number of nitrogens with zero attached hydrogens (tertiary/aromatic N) is 1. The number of benzene rings is 2. The SMILES string of the molecule is CCC(NC(=O)C1CCN(Cc2ccccc2C)CC1)c1ccc(OC)cc1. The number of aryl methyl sites for hydroxylation is 1. The molecule has 1 aliphatic rings. The van der Waals surface area contributed by atoms with Gasteiger partial charge in [0.2, 0.25) is 5.91 Å². The third-order valence-corrected chi connectivity index (χ3v) is 5.86. The topological polar surface area (TPSA) is 41.6 Å². The maximum Gasteiger partial charge on any atom is 0.223 e. The molecule has 0 radical (unpaired) electrons. The Morgan fingerprint density at radius 1 is 1.14 bits per heavy atom. The summed E-state index contributed by atoms with van der Waals surface area (Å²) >= 11 is 0. The molecule has 1 aliphatic heterocycles. The molecule has 1 fully saturated rings. The molecule has 1 saturated heterocycles. The van der Waals surface area contributed by atoms with Crippen LogP contribution in [-0.2, 0) is 11.3 Å². The smallest absolute Gasteiger partial charge is 0.223 e. The Morgan fingerprint density at radius 3 is 2.43 bits per heavy atom. The summed E-state index contributed by atoms with van der Waals surface area (Å²) in [6, 6.07) is 16.6. The van der Waals surface area contributed by atoms with Crippen LogP contribution in [0.25, 0.3) is 0 Å². The van der Waals surface area contributed by atoms with Crippen molar-refractivity contribution >= 4 is 5.91 Å². The maximum atomic E-state index is 12.8. The van der Waals surface area contributed by atoms with E-state index in [2.05, 4.69) is 48.3 Å². The van der Waals surface area contributed by atoms with Crippen LogP contribution in [0.5, 0.6) is 5.75 Å². The van der Waals surface area contributed by atoms with Gasteiger partial charge in [0.05, 0.1) is 13.2 Å². The molecule has 4 heteroatoms. The lowest BCUT2D eigenvalue weighted by molar-refractivity contribution is -0.127. The molecule has 4 nitrogen and oxygen atoms in total. The fourth-order valence-corrected chi connectivity index (χ4v) is 3.93. The Hall–Kier alpha value is -2.33. The molecule has 1 N–H and O–H groups in total. The highest BCUT2D eigenvalue weighted by Crippen LogP contribution is 2.24. The molecule has 0 spiro atoms. The van der Waals surface area contributed by atoms with Gasteiger partial charge in [-0.3, -0.25) is 9.69 Å². The molecule has 0 aliphatic carbocycles. The van der Waals surface area contributed by atoms with Crippen LogP contribution in [0, 0.1) is 12.8 Å². The number of ether oxygens (including phenoxy) is 1. The summed E-state index contributed by atoms with van der Waals surface area (Å²) in [6.07, 6.45) is 2.73. The van der Waals surface area contributed by atoms with Gasteiger partial charge in [-0.2, -0.15) is 0 Å². The van der Waals surface area contributed by atoms with Crippen molar-refractivity contribution in [2.24, 2.45) is 5.92 Å². The van der Waals surface area contributed by atoms with Gasteiger partial charge in [0.15, 0.2) is 0 Å². The van der Waals surface area contributed by atoms with Crippen LogP contribution in [0.3, 0.4) is 0 Å². The first-order valence-corrected chi connectivity index (χ1v) is 10.3. The van der Waals surface area contributed by atoms with Gasteiger partial charge in [0.25, 0.3) is 0 Å². The van der Waals surface area contributed by atoms with Crippen molar-refractivity contribution < 1.29 is 9.53 Å². The van der Waals surface area contributed by atoms with Crippen LogP contribution in [0.15, 0.2) is 48.5 Å². The fourth-order valence-electron chi connectivity index (χ4n) is 3.93. The van der Waals surface area contributed by atoms with Crippen molar-refractivity contribution in [2.45, 2.75) is 45.7 Å². The normalized spacial score (nSPS) is 16.5. The number of carbonyl (C=O) groups excluding carboxylic acids is 1. The predicted octanol–water partition coefficient (Wildman–Crippen LogP) is 4.48. The number of carbonyl (C=O) groups is 1. The minimum absolute atomic E-state index is 0.0587. The first-order valence-electron chi connectivity index (χ1n) is 10.3. The minimum atomic E-state index is 0.0587. The summed E-state index contributed by atoms with van der Waals surface area (Å²) in [5, 5.41) is 3.27. The van der Waals surface area contributed by atoms with Crippen LogP contribution in [-0.4, -0.2) is 31.0 Å². The number of amides is 1. The number of piperidine rings is 1. The molecule has 1 unspecified atom stereocenters. The Labute approximate surface area is 168 Å². The van der Waals surface area contributed by atoms with Crippen molar-refractivity contribution in [1.82, 2.24) is 10.2 Å². The second-order valence-corrected chi connectivity index (χ2v) is 7.72. The van der Waals surface area contributed by atoms with Crippen LogP contribution < -0.4 is 10.1 Å². The number of nitrogens with one attached hydrogen (secondary N) is 1. The quantitative estimate of drug-likeness (QED) is 0.770. The summed E-state index contributed by atoms with van der Waals surface area (Å²) in [6.45, 7) is 7.21. The Kier molecular flexibility index (Phi) is 7.10. The van der Waals surface area contributed by atoms with Gasteiger partial charge in [0, 0.05) is 12.5 Å². The molecule has 150 valence electrons. The highest BCUT2D eigenvalue weighted by atomic mass is 16.5. The van der Waals surface area contributed by atoms with E-state index in [0.717, 1.165) is 50.2 Å². The third-order valence-electron chi connectivity index (χ3n) is 5.86. The van der Waals surface area contributed by atoms with Crippen molar-refractivity contribution in [1.29, 1.82) is 0 Å². The zero-order valence-electron chi connectivity index (χ0n) is 17.3. The lowest BCUT2D eigenvalue weighted by atomic mass is 9.94. The van der Waals surface area contributed by atoms with Crippen molar-refractivity contribution in [3.05, 3.63) is 65.2 Å². The predicted molar refractivity (Wildman–Crippen MR) is 113 cm³/mol. The number of rotatable bonds is 7. The van der Waals surface area contributed by atoms with E-state index in [-0.39, 0.29) is 17.9 Å². The molecule has 2 aromatic carbocycles. The molecular weight excluding hydrogens is 348 g/mol. The molecule has 2 aromatic rings. The lowest BCUT2D eigenvalue weighted by Gasteiger charge is -2.32. The lowest BCUT2D eigenvalue weighted by Crippen LogP contribution is -2.41. The Morgan fingerprint density at radius 2 is 1.82 bits per heavy atom. The van der Waals surface area contributed by atoms with Crippen LogP contribution in [0.2, 0.25) is 0 Å². The average Bonchev–Trinajstić information content (AvgIpc) is 2.74. The van der Waals surface area contributed by atoms with Crippen molar-refractivity contribution in [2.75, 3.05) is 20.2 Å². The molecule has 1 amide bonds. The van der Waals surface area contributed by atoms with Gasteiger partial charge in [-0.15, -0.1) is 0 Å². The fraction of sp³-hybridized carbons (Fsp3) is 0.458. The van der Waals surface area contributed by atoms with E-state index in [4.69, 9.17) is 4.74 Å². The van der Waals surface area contributed by atoms with Gasteiger partial charge in [-0.1, -0.05) is 43.3 Å². The van der Waals surface area contributed by atoms with Crippen molar-refractivity contribution in [3.8, 4) is 5.75 Å². The molecule has 1 heterocycles. The number of methoxy groups -OCH3 is 1. The van der Waals surface area contributed by atoms with Gasteiger partial charge < -0.3 is 10.1 Å². The van der Waals surface area contributed by atoms with E-state index >= 15 is 0 Å². The first kappa shape index (κ1) is 20.4. The highest BCUT2D eigenvalue weighted by Gasteiger charge is 2.26. The Bertz CT molecular complexity index is 764. The van der Waals surface area contributed by atoms with Gasteiger partial charge in [-0.05, 0) is 68.1 Å². The van der Waals surface area contributed by atoms with E-state index < -0.39 is 0 Å². The van der Waals surface area contributed by atoms with E-state index in [9.17, 15) is 4.79 Å². The molecular formula is C24H32N2O2. The largest absolute Gasteiger partial charge is 0.497 e. The molecule has 0 bridgehead atoms. The van der Waals surface area contributed by atoms with E-state index in [0.29, 0.717) is 0 Å². The van der Waals surface area contributed by atoms with Crippen molar-refractivity contribution in [3.63, 3.8) is 0 Å². The first-order chi connectivity index (χ1) is 13.6. The van der Waals surface area contributed by atoms with Crippen LogP contribution >= 0.6 is 0 Å². The van der Waals surface area contributed by atoms with Crippen LogP contribution in [0.4, 0.5) is 0 Å². The molecule has 1 atom stereocenters. The monoisotopic (exact) mass is 380 g/mol. The second-order valence-electron chi connectivity index (χ2n) is 7.72. The molecule has 0 aromatic heterocycles. The zero-order chi connectivity index (χ0) is 19.9. The maximum absolute atomic E-state index is 12.8. The van der Waals surface area contributed by atoms with Crippen LogP contribution in [0.1, 0.15) is 48.9 Å². The van der Waals surface area contributed by atoms with E-state index in [1.807, 2.05) is 24.3 Å². The molecule has 0 saturated carbocycles. The Balaban J connectivity index is 1.51. The molecule has 3 rings (SSSR count). The third kappa shape index (κ3) is 5.14. The summed E-state index contributed by atoms with van der Waals surface area (Å²) in [7, 11) is 1.67. The van der Waals surface area contributed by atoms with E-state index in [1.165, 1.54) is 11.1 Å². The van der Waals surface area contributed by atoms with Gasteiger partial charge in [-0.25, -0.2) is 0 Å². The number of likely N-dealkylation sites (tertiary alicyclic amines) is 1. The molecule has 28 heavy (non-hydrogen) atoms.